The van der Waals surface area contributed by atoms with Crippen molar-refractivity contribution in [3.63, 3.8) is 0 Å². The van der Waals surface area contributed by atoms with Gasteiger partial charge in [-0.25, -0.2) is 4.79 Å². The molecular formula is C5H4N2O3. The van der Waals surface area contributed by atoms with Crippen molar-refractivity contribution in [2.24, 2.45) is 4.99 Å². The zero-order valence-electron chi connectivity index (χ0n) is 5.20. The highest BCUT2D eigenvalue weighted by Crippen LogP contribution is 2.17. The normalized spacial score (nSPS) is 8.50. The third kappa shape index (κ3) is 1.21. The molecule has 5 nitrogen and oxygen atoms in total. The Balaban J connectivity index is 2.87. The Labute approximate surface area is 56.3 Å². The molecule has 0 saturated heterocycles. The van der Waals surface area contributed by atoms with Crippen molar-refractivity contribution in [3.05, 3.63) is 6.07 Å². The maximum Gasteiger partial charge on any atom is 0.265 e. The number of nitrogens with zero attached hydrogens (tertiary/aromatic N) is 2. The van der Waals surface area contributed by atoms with E-state index in [0.29, 0.717) is 0 Å². The van der Waals surface area contributed by atoms with Crippen LogP contribution >= 0.6 is 0 Å². The van der Waals surface area contributed by atoms with Crippen LogP contribution in [-0.4, -0.2) is 18.3 Å². The molecule has 0 unspecified atom stereocenters. The molecular weight excluding hydrogens is 136 g/mol. The van der Waals surface area contributed by atoms with Crippen LogP contribution in [0.1, 0.15) is 0 Å². The summed E-state index contributed by atoms with van der Waals surface area (Å²) in [5.41, 5.74) is 0. The van der Waals surface area contributed by atoms with Crippen LogP contribution < -0.4 is 4.74 Å². The minimum atomic E-state index is 0.0897. The Kier molecular flexibility index (Phi) is 1.82. The van der Waals surface area contributed by atoms with Crippen LogP contribution in [0.4, 0.5) is 5.88 Å². The Hall–Kier alpha value is -1.61. The molecule has 5 heteroatoms. The molecule has 1 aromatic heterocycles. The fourth-order valence-corrected chi connectivity index (χ4v) is 0.444. The van der Waals surface area contributed by atoms with Gasteiger partial charge in [-0.05, 0) is 5.16 Å². The number of aromatic nitrogens is 1. The van der Waals surface area contributed by atoms with Crippen molar-refractivity contribution in [3.8, 4) is 5.88 Å². The molecule has 0 radical (unpaired) electrons. The van der Waals surface area contributed by atoms with E-state index in [1.54, 1.807) is 0 Å². The first kappa shape index (κ1) is 6.51. The highest BCUT2D eigenvalue weighted by Gasteiger charge is 1.99. The summed E-state index contributed by atoms with van der Waals surface area (Å²) in [4.78, 5) is 12.8. The molecule has 0 spiro atoms. The van der Waals surface area contributed by atoms with Gasteiger partial charge in [0, 0.05) is 0 Å². The Bertz CT molecular complexity index is 262. The van der Waals surface area contributed by atoms with Crippen LogP contribution in [0.15, 0.2) is 15.6 Å². The SMILES string of the molecule is COc1cc(N=C=O)on1. The van der Waals surface area contributed by atoms with E-state index in [1.807, 2.05) is 0 Å². The van der Waals surface area contributed by atoms with Gasteiger partial charge in [0.2, 0.25) is 6.08 Å². The monoisotopic (exact) mass is 140 g/mol. The van der Waals surface area contributed by atoms with E-state index in [0.717, 1.165) is 0 Å². The van der Waals surface area contributed by atoms with Gasteiger partial charge in [-0.15, -0.1) is 4.99 Å². The van der Waals surface area contributed by atoms with Crippen molar-refractivity contribution < 1.29 is 14.1 Å². The van der Waals surface area contributed by atoms with Crippen LogP contribution in [-0.2, 0) is 4.79 Å². The molecule has 0 amide bonds. The molecule has 0 aromatic carbocycles. The summed E-state index contributed by atoms with van der Waals surface area (Å²) in [7, 11) is 1.44. The first-order chi connectivity index (χ1) is 4.86. The molecule has 1 heterocycles. The fourth-order valence-electron chi connectivity index (χ4n) is 0.444. The Morgan fingerprint density at radius 3 is 3.20 bits per heavy atom. The van der Waals surface area contributed by atoms with Crippen LogP contribution in [0.2, 0.25) is 0 Å². The number of ether oxygens (including phenoxy) is 1. The summed E-state index contributed by atoms with van der Waals surface area (Å²) in [6.45, 7) is 0. The van der Waals surface area contributed by atoms with E-state index in [2.05, 4.69) is 19.4 Å². The first-order valence-electron chi connectivity index (χ1n) is 2.45. The highest BCUT2D eigenvalue weighted by molar-refractivity contribution is 5.43. The largest absolute Gasteiger partial charge is 0.479 e. The topological polar surface area (TPSA) is 64.7 Å². The van der Waals surface area contributed by atoms with Crippen LogP contribution in [0.5, 0.6) is 5.88 Å². The van der Waals surface area contributed by atoms with Crippen LogP contribution in [0.25, 0.3) is 0 Å². The third-order valence-corrected chi connectivity index (χ3v) is 0.841. The van der Waals surface area contributed by atoms with Crippen molar-refractivity contribution in [2.45, 2.75) is 0 Å². The molecule has 0 bridgehead atoms. The van der Waals surface area contributed by atoms with Gasteiger partial charge in [0.1, 0.15) is 0 Å². The molecule has 10 heavy (non-hydrogen) atoms. The maximum atomic E-state index is 9.65. The lowest BCUT2D eigenvalue weighted by Gasteiger charge is -1.82. The van der Waals surface area contributed by atoms with E-state index in [1.165, 1.54) is 19.3 Å². The van der Waals surface area contributed by atoms with E-state index in [-0.39, 0.29) is 11.8 Å². The summed E-state index contributed by atoms with van der Waals surface area (Å²) < 4.78 is 9.14. The average molecular weight is 140 g/mol. The number of isocyanates is 1. The predicted molar refractivity (Wildman–Crippen MR) is 30.8 cm³/mol. The van der Waals surface area contributed by atoms with Crippen LogP contribution in [0.3, 0.4) is 0 Å². The van der Waals surface area contributed by atoms with Gasteiger partial charge in [-0.2, -0.15) is 0 Å². The van der Waals surface area contributed by atoms with Gasteiger partial charge in [0.25, 0.3) is 11.8 Å². The predicted octanol–water partition coefficient (Wildman–Crippen LogP) is 0.650. The zero-order valence-corrected chi connectivity index (χ0v) is 5.20. The smallest absolute Gasteiger partial charge is 0.265 e. The summed E-state index contributed by atoms with van der Waals surface area (Å²) in [6, 6.07) is 1.38. The van der Waals surface area contributed by atoms with Gasteiger partial charge in [-0.3, -0.25) is 0 Å². The van der Waals surface area contributed by atoms with Crippen molar-refractivity contribution in [1.82, 2.24) is 5.16 Å². The van der Waals surface area contributed by atoms with E-state index < -0.39 is 0 Å². The van der Waals surface area contributed by atoms with Crippen molar-refractivity contribution in [2.75, 3.05) is 7.11 Å². The second-order valence-corrected chi connectivity index (χ2v) is 1.41. The highest BCUT2D eigenvalue weighted by atomic mass is 16.5. The van der Waals surface area contributed by atoms with Gasteiger partial charge in [0.05, 0.1) is 13.2 Å². The Morgan fingerprint density at radius 2 is 2.70 bits per heavy atom. The zero-order chi connectivity index (χ0) is 7.40. The molecule has 0 aliphatic rings. The Morgan fingerprint density at radius 1 is 1.90 bits per heavy atom. The summed E-state index contributed by atoms with van der Waals surface area (Å²) in [5.74, 6) is 0.376. The van der Waals surface area contributed by atoms with Crippen molar-refractivity contribution >= 4 is 12.0 Å². The fraction of sp³-hybridized carbons (Fsp3) is 0.200. The molecule has 0 atom stereocenters. The third-order valence-electron chi connectivity index (χ3n) is 0.841. The number of carbonyl (C=O) groups excluding carboxylic acids is 1. The number of methoxy groups -OCH3 is 1. The second kappa shape index (κ2) is 2.80. The summed E-state index contributed by atoms with van der Waals surface area (Å²) >= 11 is 0. The van der Waals surface area contributed by atoms with Gasteiger partial charge >= 0.3 is 0 Å². The van der Waals surface area contributed by atoms with E-state index >= 15 is 0 Å². The van der Waals surface area contributed by atoms with E-state index in [9.17, 15) is 4.79 Å². The van der Waals surface area contributed by atoms with Crippen LogP contribution in [0, 0.1) is 0 Å². The lowest BCUT2D eigenvalue weighted by molar-refractivity contribution is 0.342. The minimum Gasteiger partial charge on any atom is -0.479 e. The molecule has 0 aliphatic carbocycles. The number of hydrogen-bond donors (Lipinski definition) is 0. The molecule has 0 fully saturated rings. The molecule has 0 saturated carbocycles. The molecule has 0 N–H and O–H groups in total. The molecule has 1 aromatic rings. The maximum absolute atomic E-state index is 9.65. The van der Waals surface area contributed by atoms with Gasteiger partial charge < -0.3 is 9.26 Å². The van der Waals surface area contributed by atoms with Gasteiger partial charge in [-0.1, -0.05) is 0 Å². The van der Waals surface area contributed by atoms with Crippen molar-refractivity contribution in [1.29, 1.82) is 0 Å². The molecule has 0 aliphatic heterocycles. The lowest BCUT2D eigenvalue weighted by Crippen LogP contribution is -1.78. The summed E-state index contributed by atoms with van der Waals surface area (Å²) in [6.07, 6.45) is 1.31. The second-order valence-electron chi connectivity index (χ2n) is 1.41. The average Bonchev–Trinajstić information content (AvgIpc) is 2.37. The standard InChI is InChI=1S/C5H4N2O3/c1-9-5-2-4(6-3-8)10-7-5/h2H,1H3. The quantitative estimate of drug-likeness (QED) is 0.446. The van der Waals surface area contributed by atoms with E-state index in [4.69, 9.17) is 0 Å². The number of rotatable bonds is 2. The number of hydrogen-bond acceptors (Lipinski definition) is 5. The molecule has 52 valence electrons. The number of aliphatic imine (C=N–C) groups is 1. The van der Waals surface area contributed by atoms with Gasteiger partial charge in [0.15, 0.2) is 0 Å². The minimum absolute atomic E-state index is 0.0897. The lowest BCUT2D eigenvalue weighted by atomic mass is 10.6. The first-order valence-corrected chi connectivity index (χ1v) is 2.45. The molecule has 1 rings (SSSR count). The summed E-state index contributed by atoms with van der Waals surface area (Å²) in [5, 5.41) is 3.38.